The fourth-order valence-electron chi connectivity index (χ4n) is 2.90. The van der Waals surface area contributed by atoms with Crippen LogP contribution in [0.4, 0.5) is 5.95 Å². The molecular formula is C19H23IN4O4S2. The Kier molecular flexibility index (Phi) is 8.60. The first-order valence-electron chi connectivity index (χ1n) is 9.13. The maximum Gasteiger partial charge on any atom is 0.242 e. The Hall–Kier alpha value is -1.57. The van der Waals surface area contributed by atoms with Crippen LogP contribution in [0.2, 0.25) is 0 Å². The highest BCUT2D eigenvalue weighted by Gasteiger charge is 2.27. The van der Waals surface area contributed by atoms with E-state index in [-0.39, 0.29) is 6.61 Å². The highest BCUT2D eigenvalue weighted by molar-refractivity contribution is 14.2. The molecule has 0 bridgehead atoms. The third kappa shape index (κ3) is 5.01. The molecule has 0 amide bonds. The quantitative estimate of drug-likeness (QED) is 0.270. The monoisotopic (exact) mass is 562 g/mol. The lowest BCUT2D eigenvalue weighted by Gasteiger charge is -2.24. The van der Waals surface area contributed by atoms with E-state index in [0.29, 0.717) is 47.0 Å². The van der Waals surface area contributed by atoms with E-state index in [1.165, 1.54) is 11.9 Å². The second-order valence-corrected chi connectivity index (χ2v) is 9.65. The van der Waals surface area contributed by atoms with Crippen molar-refractivity contribution in [3.63, 3.8) is 0 Å². The number of anilines is 1. The molecule has 3 rings (SSSR count). The lowest BCUT2D eigenvalue weighted by atomic mass is 10.2. The molecule has 2 aromatic heterocycles. The molecular weight excluding hydrogens is 539 g/mol. The number of aliphatic hydroxyl groups is 1. The van der Waals surface area contributed by atoms with Crippen LogP contribution in [-0.2, 0) is 0 Å². The number of rotatable bonds is 11. The molecule has 0 unspecified atom stereocenters. The number of furan rings is 1. The summed E-state index contributed by atoms with van der Waals surface area (Å²) in [4.78, 5) is 0. The Morgan fingerprint density at radius 2 is 1.87 bits per heavy atom. The summed E-state index contributed by atoms with van der Waals surface area (Å²) < 4.78 is 21.1. The van der Waals surface area contributed by atoms with Gasteiger partial charge in [-0.05, 0) is 64.3 Å². The molecule has 162 valence electrons. The van der Waals surface area contributed by atoms with Crippen molar-refractivity contribution >= 4 is 48.0 Å². The molecule has 1 N–H and O–H groups in total. The fourth-order valence-corrected chi connectivity index (χ4v) is 4.61. The molecule has 11 heteroatoms. The second kappa shape index (κ2) is 11.2. The van der Waals surface area contributed by atoms with Gasteiger partial charge in [0.2, 0.25) is 11.8 Å². The molecule has 30 heavy (non-hydrogen) atoms. The van der Waals surface area contributed by atoms with Gasteiger partial charge < -0.3 is 19.0 Å². The minimum Gasteiger partial charge on any atom is -0.494 e. The molecule has 1 aromatic carbocycles. The average Bonchev–Trinajstić information content (AvgIpc) is 3.39. The third-order valence-corrected chi connectivity index (χ3v) is 6.85. The molecule has 0 saturated heterocycles. The second-order valence-electron chi connectivity index (χ2n) is 6.05. The minimum absolute atomic E-state index is 0.0644. The van der Waals surface area contributed by atoms with E-state index in [1.54, 1.807) is 23.2 Å². The van der Waals surface area contributed by atoms with Crippen molar-refractivity contribution in [3.05, 3.63) is 36.1 Å². The molecule has 2 heterocycles. The van der Waals surface area contributed by atoms with Gasteiger partial charge in [0, 0.05) is 18.1 Å². The van der Waals surface area contributed by atoms with Crippen LogP contribution in [0.1, 0.15) is 5.76 Å². The number of halogens is 1. The molecule has 0 fully saturated rings. The summed E-state index contributed by atoms with van der Waals surface area (Å²) in [5.74, 6) is 5.17. The Bertz CT molecular complexity index is 936. The van der Waals surface area contributed by atoms with Crippen molar-refractivity contribution in [3.8, 4) is 28.8 Å². The van der Waals surface area contributed by atoms with Crippen LogP contribution in [0.3, 0.4) is 0 Å². The van der Waals surface area contributed by atoms with Gasteiger partial charge in [-0.1, -0.05) is 15.0 Å². The number of methoxy groups -OCH3 is 2. The van der Waals surface area contributed by atoms with Crippen LogP contribution >= 0.6 is 42.1 Å². The normalized spacial score (nSPS) is 11.0. The summed E-state index contributed by atoms with van der Waals surface area (Å²) in [6, 6.07) is 9.36. The number of aryl methyl sites for hydroxylation is 1. The summed E-state index contributed by atoms with van der Waals surface area (Å²) in [6.45, 7) is 2.66. The first kappa shape index (κ1) is 23.1. The van der Waals surface area contributed by atoms with Crippen LogP contribution in [0.5, 0.6) is 11.5 Å². The summed E-state index contributed by atoms with van der Waals surface area (Å²) in [7, 11) is 4.94. The van der Waals surface area contributed by atoms with E-state index in [1.807, 2.05) is 46.1 Å². The average molecular weight is 562 g/mol. The standard InChI is InChI=1S/C19H23IN4O4S2/c1-13-7-8-16(28-13)18-21-22-19(23(9-11-29-20)30-12-10-25)24(18)17-14(26-2)5-4-6-15(17)27-3/h4-8,25H,9-12H2,1-3H3. The molecule has 0 aliphatic heterocycles. The highest BCUT2D eigenvalue weighted by Crippen LogP contribution is 2.39. The smallest absolute Gasteiger partial charge is 0.242 e. The van der Waals surface area contributed by atoms with E-state index in [2.05, 4.69) is 31.4 Å². The van der Waals surface area contributed by atoms with Crippen LogP contribution in [0.25, 0.3) is 17.3 Å². The van der Waals surface area contributed by atoms with E-state index in [9.17, 15) is 5.11 Å². The van der Waals surface area contributed by atoms with Gasteiger partial charge in [0.05, 0.1) is 20.8 Å². The van der Waals surface area contributed by atoms with Gasteiger partial charge in [-0.2, -0.15) is 0 Å². The molecule has 0 aliphatic carbocycles. The molecule has 0 radical (unpaired) electrons. The van der Waals surface area contributed by atoms with Gasteiger partial charge in [0.25, 0.3) is 0 Å². The first-order chi connectivity index (χ1) is 14.6. The number of hydrogen-bond acceptors (Lipinski definition) is 9. The predicted octanol–water partition coefficient (Wildman–Crippen LogP) is 4.38. The van der Waals surface area contributed by atoms with Gasteiger partial charge in [0.1, 0.15) is 22.9 Å². The Morgan fingerprint density at radius 3 is 2.43 bits per heavy atom. The fraction of sp³-hybridized carbons (Fsp3) is 0.368. The number of ether oxygens (including phenoxy) is 2. The van der Waals surface area contributed by atoms with Crippen molar-refractivity contribution in [2.24, 2.45) is 0 Å². The number of aromatic nitrogens is 3. The molecule has 8 nitrogen and oxygen atoms in total. The first-order valence-corrected chi connectivity index (χ1v) is 13.6. The maximum absolute atomic E-state index is 9.37. The predicted molar refractivity (Wildman–Crippen MR) is 130 cm³/mol. The molecule has 0 saturated carbocycles. The summed E-state index contributed by atoms with van der Waals surface area (Å²) >= 11 is 3.77. The summed E-state index contributed by atoms with van der Waals surface area (Å²) in [5.41, 5.74) is 0.684. The van der Waals surface area contributed by atoms with E-state index < -0.39 is 0 Å². The zero-order valence-corrected chi connectivity index (χ0v) is 20.7. The van der Waals surface area contributed by atoms with Crippen LogP contribution in [0, 0.1) is 6.92 Å². The van der Waals surface area contributed by atoms with Crippen LogP contribution < -0.4 is 13.8 Å². The molecule has 0 aliphatic rings. The van der Waals surface area contributed by atoms with E-state index in [0.717, 1.165) is 11.5 Å². The Morgan fingerprint density at radius 1 is 1.13 bits per heavy atom. The molecule has 0 atom stereocenters. The zero-order chi connectivity index (χ0) is 21.5. The lowest BCUT2D eigenvalue weighted by molar-refractivity contribution is 0.322. The number of aliphatic hydroxyl groups excluding tert-OH is 1. The van der Waals surface area contributed by atoms with Gasteiger partial charge in [0.15, 0.2) is 5.76 Å². The van der Waals surface area contributed by atoms with Crippen molar-refractivity contribution in [1.29, 1.82) is 0 Å². The molecule has 3 aromatic rings. The van der Waals surface area contributed by atoms with Crippen LogP contribution in [0.15, 0.2) is 34.7 Å². The topological polar surface area (TPSA) is 85.8 Å². The van der Waals surface area contributed by atoms with Crippen molar-refractivity contribution < 1.29 is 19.0 Å². The van der Waals surface area contributed by atoms with Crippen molar-refractivity contribution in [2.75, 3.05) is 43.2 Å². The number of hydrogen-bond donors (Lipinski definition) is 1. The number of nitrogens with zero attached hydrogens (tertiary/aromatic N) is 4. The zero-order valence-electron chi connectivity index (χ0n) is 16.9. The van der Waals surface area contributed by atoms with E-state index in [4.69, 9.17) is 13.9 Å². The SMILES string of the molecule is COc1cccc(OC)c1-n1c(-c2ccc(C)o2)nnc1N(CCSI)SCCO. The number of para-hydroxylation sites is 1. The van der Waals surface area contributed by atoms with Crippen LogP contribution in [-0.4, -0.2) is 58.7 Å². The molecule has 0 spiro atoms. The summed E-state index contributed by atoms with van der Waals surface area (Å²) in [6.07, 6.45) is 0. The number of benzene rings is 1. The Labute approximate surface area is 196 Å². The maximum atomic E-state index is 9.37. The minimum atomic E-state index is 0.0644. The van der Waals surface area contributed by atoms with Gasteiger partial charge in [-0.3, -0.25) is 8.87 Å². The van der Waals surface area contributed by atoms with E-state index >= 15 is 0 Å². The van der Waals surface area contributed by atoms with Crippen molar-refractivity contribution in [1.82, 2.24) is 14.8 Å². The van der Waals surface area contributed by atoms with Gasteiger partial charge in [-0.25, -0.2) is 0 Å². The third-order valence-electron chi connectivity index (χ3n) is 4.17. The summed E-state index contributed by atoms with van der Waals surface area (Å²) in [5, 5.41) is 18.3. The van der Waals surface area contributed by atoms with Gasteiger partial charge >= 0.3 is 0 Å². The van der Waals surface area contributed by atoms with Gasteiger partial charge in [-0.15, -0.1) is 10.2 Å². The highest BCUT2D eigenvalue weighted by atomic mass is 127. The largest absolute Gasteiger partial charge is 0.494 e. The van der Waals surface area contributed by atoms with Crippen molar-refractivity contribution in [2.45, 2.75) is 6.92 Å². The lowest BCUT2D eigenvalue weighted by Crippen LogP contribution is -2.23. The Balaban J connectivity index is 2.24.